The second kappa shape index (κ2) is 6.86. The van der Waals surface area contributed by atoms with Gasteiger partial charge in [0.1, 0.15) is 11.9 Å². The molecule has 0 amide bonds. The molecule has 0 radical (unpaired) electrons. The highest BCUT2D eigenvalue weighted by Crippen LogP contribution is 2.14. The molecule has 0 spiro atoms. The Bertz CT molecular complexity index is 487. The van der Waals surface area contributed by atoms with Gasteiger partial charge in [-0.1, -0.05) is 23.4 Å². The summed E-state index contributed by atoms with van der Waals surface area (Å²) in [6, 6.07) is 9.51. The number of aliphatic hydroxyl groups is 1. The van der Waals surface area contributed by atoms with E-state index in [4.69, 9.17) is 15.0 Å². The zero-order valence-electron chi connectivity index (χ0n) is 10.5. The van der Waals surface area contributed by atoms with E-state index in [2.05, 4.69) is 10.1 Å². The van der Waals surface area contributed by atoms with Crippen molar-refractivity contribution in [2.75, 3.05) is 13.2 Å². The zero-order valence-corrected chi connectivity index (χ0v) is 10.5. The molecule has 0 saturated carbocycles. The Labute approximate surface area is 111 Å². The molecule has 0 aliphatic rings. The molecule has 1 aromatic heterocycles. The Hall–Kier alpha value is -1.92. The molecule has 6 nitrogen and oxygen atoms in total. The van der Waals surface area contributed by atoms with E-state index in [1.54, 1.807) is 0 Å². The second-order valence-electron chi connectivity index (χ2n) is 4.05. The van der Waals surface area contributed by atoms with Crippen LogP contribution >= 0.6 is 0 Å². The highest BCUT2D eigenvalue weighted by atomic mass is 16.5. The molecular weight excluding hydrogens is 246 g/mol. The van der Waals surface area contributed by atoms with E-state index in [0.717, 1.165) is 5.75 Å². The topological polar surface area (TPSA) is 94.4 Å². The molecule has 0 bridgehead atoms. The van der Waals surface area contributed by atoms with Gasteiger partial charge in [0.2, 0.25) is 0 Å². The largest absolute Gasteiger partial charge is 0.493 e. The van der Waals surface area contributed by atoms with Crippen molar-refractivity contribution in [1.29, 1.82) is 0 Å². The first kappa shape index (κ1) is 13.5. The van der Waals surface area contributed by atoms with Gasteiger partial charge < -0.3 is 20.1 Å². The summed E-state index contributed by atoms with van der Waals surface area (Å²) < 4.78 is 10.5. The molecule has 102 valence electrons. The van der Waals surface area contributed by atoms with Crippen LogP contribution in [0.25, 0.3) is 0 Å². The number of ether oxygens (including phenoxy) is 1. The van der Waals surface area contributed by atoms with Gasteiger partial charge >= 0.3 is 0 Å². The fourth-order valence-electron chi connectivity index (χ4n) is 1.56. The normalized spacial score (nSPS) is 12.3. The first-order valence-corrected chi connectivity index (χ1v) is 6.18. The quantitative estimate of drug-likeness (QED) is 0.776. The number of nitrogens with zero attached hydrogens (tertiary/aromatic N) is 2. The summed E-state index contributed by atoms with van der Waals surface area (Å²) in [6.07, 6.45) is 0.136. The third-order valence-corrected chi connectivity index (χ3v) is 2.55. The van der Waals surface area contributed by atoms with Crippen LogP contribution in [0.2, 0.25) is 0 Å². The number of para-hydroxylation sites is 1. The van der Waals surface area contributed by atoms with Gasteiger partial charge in [0, 0.05) is 6.42 Å². The molecule has 1 aromatic carbocycles. The molecule has 2 rings (SSSR count). The van der Waals surface area contributed by atoms with Crippen molar-refractivity contribution in [3.8, 4) is 5.75 Å². The third kappa shape index (κ3) is 4.04. The average molecular weight is 263 g/mol. The Morgan fingerprint density at radius 1 is 1.32 bits per heavy atom. The van der Waals surface area contributed by atoms with Crippen molar-refractivity contribution >= 4 is 0 Å². The monoisotopic (exact) mass is 263 g/mol. The highest BCUT2D eigenvalue weighted by molar-refractivity contribution is 5.20. The molecule has 0 unspecified atom stereocenters. The van der Waals surface area contributed by atoms with Gasteiger partial charge in [-0.25, -0.2) is 0 Å². The summed E-state index contributed by atoms with van der Waals surface area (Å²) in [7, 11) is 0. The first-order valence-electron chi connectivity index (χ1n) is 6.18. The van der Waals surface area contributed by atoms with Crippen molar-refractivity contribution in [3.63, 3.8) is 0 Å². The lowest BCUT2D eigenvalue weighted by atomic mass is 10.2. The van der Waals surface area contributed by atoms with Gasteiger partial charge in [0.25, 0.3) is 5.89 Å². The van der Waals surface area contributed by atoms with Gasteiger partial charge in [0.05, 0.1) is 6.61 Å². The SMILES string of the molecule is NCC[C@H](O)c1nc(CCOc2ccccc2)no1. The minimum atomic E-state index is -0.790. The van der Waals surface area contributed by atoms with Crippen LogP contribution in [-0.2, 0) is 6.42 Å². The van der Waals surface area contributed by atoms with Crippen LogP contribution in [0.15, 0.2) is 34.9 Å². The van der Waals surface area contributed by atoms with Crippen LogP contribution in [0.5, 0.6) is 5.75 Å². The maximum atomic E-state index is 9.63. The van der Waals surface area contributed by atoms with Crippen molar-refractivity contribution in [2.45, 2.75) is 18.9 Å². The molecule has 0 aliphatic heterocycles. The van der Waals surface area contributed by atoms with E-state index in [0.29, 0.717) is 31.8 Å². The first-order chi connectivity index (χ1) is 9.29. The van der Waals surface area contributed by atoms with E-state index in [9.17, 15) is 5.11 Å². The smallest absolute Gasteiger partial charge is 0.255 e. The Balaban J connectivity index is 1.80. The Morgan fingerprint density at radius 2 is 2.11 bits per heavy atom. The van der Waals surface area contributed by atoms with E-state index in [1.807, 2.05) is 30.3 Å². The standard InChI is InChI=1S/C13H17N3O3/c14-8-6-11(17)13-15-12(16-19-13)7-9-18-10-4-2-1-3-5-10/h1-5,11,17H,6-9,14H2/t11-/m0/s1. The number of benzene rings is 1. The molecular formula is C13H17N3O3. The fraction of sp³-hybridized carbons (Fsp3) is 0.385. The predicted octanol–water partition coefficient (Wildman–Crippen LogP) is 1.07. The van der Waals surface area contributed by atoms with Crippen LogP contribution in [0.4, 0.5) is 0 Å². The second-order valence-corrected chi connectivity index (χ2v) is 4.05. The van der Waals surface area contributed by atoms with Crippen molar-refractivity contribution in [3.05, 3.63) is 42.0 Å². The van der Waals surface area contributed by atoms with Crippen molar-refractivity contribution in [1.82, 2.24) is 10.1 Å². The predicted molar refractivity (Wildman–Crippen MR) is 68.6 cm³/mol. The summed E-state index contributed by atoms with van der Waals surface area (Å²) in [5.74, 6) is 1.52. The molecule has 3 N–H and O–H groups in total. The van der Waals surface area contributed by atoms with Gasteiger partial charge in [-0.05, 0) is 25.1 Å². The number of nitrogens with two attached hydrogens (primary N) is 1. The van der Waals surface area contributed by atoms with Gasteiger partial charge in [0.15, 0.2) is 5.82 Å². The molecule has 6 heteroatoms. The molecule has 1 atom stereocenters. The summed E-state index contributed by atoms with van der Waals surface area (Å²) in [4.78, 5) is 4.10. The molecule has 0 saturated heterocycles. The van der Waals surface area contributed by atoms with Gasteiger partial charge in [-0.3, -0.25) is 0 Å². The van der Waals surface area contributed by atoms with Crippen LogP contribution in [0.3, 0.4) is 0 Å². The fourth-order valence-corrected chi connectivity index (χ4v) is 1.56. The van der Waals surface area contributed by atoms with Crippen molar-refractivity contribution < 1.29 is 14.4 Å². The average Bonchev–Trinajstić information content (AvgIpc) is 2.89. The summed E-state index contributed by atoms with van der Waals surface area (Å²) in [5, 5.41) is 13.4. The third-order valence-electron chi connectivity index (χ3n) is 2.55. The van der Waals surface area contributed by atoms with Crippen LogP contribution in [-0.4, -0.2) is 28.4 Å². The van der Waals surface area contributed by atoms with Gasteiger partial charge in [-0.2, -0.15) is 4.98 Å². The van der Waals surface area contributed by atoms with Crippen LogP contribution in [0, 0.1) is 0 Å². The number of aromatic nitrogens is 2. The van der Waals surface area contributed by atoms with E-state index < -0.39 is 6.10 Å². The minimum Gasteiger partial charge on any atom is -0.493 e. The lowest BCUT2D eigenvalue weighted by molar-refractivity contribution is 0.127. The maximum absolute atomic E-state index is 9.63. The number of hydrogen-bond acceptors (Lipinski definition) is 6. The van der Waals surface area contributed by atoms with Crippen LogP contribution < -0.4 is 10.5 Å². The van der Waals surface area contributed by atoms with Gasteiger partial charge in [-0.15, -0.1) is 0 Å². The van der Waals surface area contributed by atoms with Crippen molar-refractivity contribution in [2.24, 2.45) is 5.73 Å². The summed E-state index contributed by atoms with van der Waals surface area (Å²) in [5.41, 5.74) is 5.35. The van der Waals surface area contributed by atoms with E-state index in [-0.39, 0.29) is 5.89 Å². The number of rotatable bonds is 7. The van der Waals surface area contributed by atoms with E-state index in [1.165, 1.54) is 0 Å². The molecule has 1 heterocycles. The van der Waals surface area contributed by atoms with E-state index >= 15 is 0 Å². The highest BCUT2D eigenvalue weighted by Gasteiger charge is 2.15. The summed E-state index contributed by atoms with van der Waals surface area (Å²) >= 11 is 0. The maximum Gasteiger partial charge on any atom is 0.255 e. The van der Waals surface area contributed by atoms with Crippen LogP contribution in [0.1, 0.15) is 24.2 Å². The zero-order chi connectivity index (χ0) is 13.5. The molecule has 0 fully saturated rings. The molecule has 0 aliphatic carbocycles. The number of hydrogen-bond donors (Lipinski definition) is 2. The lowest BCUT2D eigenvalue weighted by Crippen LogP contribution is -2.07. The molecule has 19 heavy (non-hydrogen) atoms. The number of aliphatic hydroxyl groups excluding tert-OH is 1. The minimum absolute atomic E-state index is 0.208. The Kier molecular flexibility index (Phi) is 4.88. The lowest BCUT2D eigenvalue weighted by Gasteiger charge is -2.03. The molecule has 2 aromatic rings. The Morgan fingerprint density at radius 3 is 2.84 bits per heavy atom. The summed E-state index contributed by atoms with van der Waals surface area (Å²) in [6.45, 7) is 0.825.